The van der Waals surface area contributed by atoms with Crippen LogP contribution >= 0.6 is 39.5 Å². The second kappa shape index (κ2) is 6.92. The van der Waals surface area contributed by atoms with E-state index in [1.54, 1.807) is 0 Å². The summed E-state index contributed by atoms with van der Waals surface area (Å²) >= 11 is 1.38. The highest BCUT2D eigenvalue weighted by molar-refractivity contribution is 8.77. The minimum Gasteiger partial charge on any atom is -0.315 e. The summed E-state index contributed by atoms with van der Waals surface area (Å²) in [6.07, 6.45) is 1.84. The van der Waals surface area contributed by atoms with Gasteiger partial charge in [-0.2, -0.15) is 0 Å². The minimum absolute atomic E-state index is 0.0373. The van der Waals surface area contributed by atoms with Gasteiger partial charge in [-0.3, -0.25) is 4.57 Å². The number of hydrogen-bond acceptors (Lipinski definition) is 5. The van der Waals surface area contributed by atoms with E-state index in [0.717, 1.165) is 0 Å². The first-order valence-corrected chi connectivity index (χ1v) is 12.8. The highest BCUT2D eigenvalue weighted by Gasteiger charge is 2.49. The van der Waals surface area contributed by atoms with Gasteiger partial charge in [0.25, 0.3) is 6.57 Å². The van der Waals surface area contributed by atoms with Crippen molar-refractivity contribution in [3.8, 4) is 0 Å². The molecule has 3 atom stereocenters. The van der Waals surface area contributed by atoms with Gasteiger partial charge in [0.2, 0.25) is 0 Å². The third-order valence-electron chi connectivity index (χ3n) is 3.60. The molecule has 2 rings (SSSR count). The minimum atomic E-state index is -2.67. The topological polar surface area (TPSA) is 26.3 Å². The van der Waals surface area contributed by atoms with E-state index in [1.165, 1.54) is 16.9 Å². The van der Waals surface area contributed by atoms with Crippen LogP contribution in [0.25, 0.3) is 0 Å². The van der Waals surface area contributed by atoms with Gasteiger partial charge in [0, 0.05) is 10.4 Å². The molecule has 0 amide bonds. The zero-order valence-corrected chi connectivity index (χ0v) is 16.5. The Balaban J connectivity index is 2.30. The van der Waals surface area contributed by atoms with Crippen LogP contribution in [0.1, 0.15) is 38.5 Å². The van der Waals surface area contributed by atoms with Gasteiger partial charge >= 0.3 is 0 Å². The summed E-state index contributed by atoms with van der Waals surface area (Å²) in [5, 5.41) is 0.227. The molecule has 0 spiro atoms. The zero-order valence-electron chi connectivity index (χ0n) is 13.1. The van der Waals surface area contributed by atoms with Crippen molar-refractivity contribution in [2.24, 2.45) is 0 Å². The van der Waals surface area contributed by atoms with Crippen molar-refractivity contribution < 1.29 is 9.09 Å². The maximum Gasteiger partial charge on any atom is 0.260 e. The summed E-state index contributed by atoms with van der Waals surface area (Å²) in [7, 11) is 3.67. The lowest BCUT2D eigenvalue weighted by molar-refractivity contribution is 0.176. The molecule has 0 N–H and O–H groups in total. The summed E-state index contributed by atoms with van der Waals surface area (Å²) in [5.41, 5.74) is 1.29. The first-order chi connectivity index (χ1) is 9.80. The fourth-order valence-corrected chi connectivity index (χ4v) is 9.09. The van der Waals surface area contributed by atoms with Crippen LogP contribution in [0.5, 0.6) is 0 Å². The number of benzene rings is 1. The molecular formula is C15H23O2PS3. The van der Waals surface area contributed by atoms with Crippen LogP contribution in [0.2, 0.25) is 0 Å². The SMILES string of the molecule is CSP(=O)(O[C@H]1[C@@H](c2ccccc2)SSC1(C)C)C(C)C. The lowest BCUT2D eigenvalue weighted by Crippen LogP contribution is -2.33. The molecule has 1 unspecified atom stereocenters. The van der Waals surface area contributed by atoms with Crippen LogP contribution in [0.15, 0.2) is 30.3 Å². The van der Waals surface area contributed by atoms with E-state index >= 15 is 0 Å². The van der Waals surface area contributed by atoms with E-state index in [9.17, 15) is 4.57 Å². The molecule has 118 valence electrons. The summed E-state index contributed by atoms with van der Waals surface area (Å²) in [6, 6.07) is 10.4. The second-order valence-corrected chi connectivity index (χ2v) is 14.3. The van der Waals surface area contributed by atoms with E-state index in [4.69, 9.17) is 4.52 Å². The Morgan fingerprint density at radius 2 is 1.90 bits per heavy atom. The molecule has 1 aromatic rings. The molecule has 0 saturated carbocycles. The molecule has 1 aliphatic heterocycles. The predicted molar refractivity (Wildman–Crippen MR) is 99.6 cm³/mol. The normalized spacial score (nSPS) is 27.7. The molecule has 1 saturated heterocycles. The van der Waals surface area contributed by atoms with Crippen molar-refractivity contribution in [1.82, 2.24) is 0 Å². The monoisotopic (exact) mass is 362 g/mol. The van der Waals surface area contributed by atoms with Crippen LogP contribution in [0, 0.1) is 0 Å². The first-order valence-electron chi connectivity index (χ1n) is 7.03. The Bertz CT molecular complexity index is 519. The Kier molecular flexibility index (Phi) is 5.87. The molecule has 1 aromatic carbocycles. The Labute approximate surface area is 140 Å². The van der Waals surface area contributed by atoms with Gasteiger partial charge in [0.05, 0.1) is 11.4 Å². The Hall–Kier alpha value is 0.460. The van der Waals surface area contributed by atoms with Crippen molar-refractivity contribution in [1.29, 1.82) is 0 Å². The molecule has 0 bridgehead atoms. The van der Waals surface area contributed by atoms with Crippen molar-refractivity contribution in [3.05, 3.63) is 35.9 Å². The molecule has 6 heteroatoms. The summed E-state index contributed by atoms with van der Waals surface area (Å²) in [6.45, 7) is 5.66. The average Bonchev–Trinajstić information content (AvgIpc) is 2.75. The smallest absolute Gasteiger partial charge is 0.260 e. The van der Waals surface area contributed by atoms with Crippen LogP contribution in [-0.4, -0.2) is 22.8 Å². The van der Waals surface area contributed by atoms with Crippen molar-refractivity contribution in [2.45, 2.75) is 49.5 Å². The molecule has 21 heavy (non-hydrogen) atoms. The van der Waals surface area contributed by atoms with E-state index in [-0.39, 0.29) is 21.8 Å². The van der Waals surface area contributed by atoms with Gasteiger partial charge < -0.3 is 4.52 Å². The lowest BCUT2D eigenvalue weighted by atomic mass is 9.98. The summed E-state index contributed by atoms with van der Waals surface area (Å²) in [4.78, 5) is 0. The Morgan fingerprint density at radius 1 is 1.29 bits per heavy atom. The van der Waals surface area contributed by atoms with Crippen LogP contribution in [-0.2, 0) is 9.09 Å². The maximum absolute atomic E-state index is 13.0. The molecule has 2 nitrogen and oxygen atoms in total. The predicted octanol–water partition coefficient (Wildman–Crippen LogP) is 6.25. The summed E-state index contributed by atoms with van der Waals surface area (Å²) < 4.78 is 19.2. The van der Waals surface area contributed by atoms with Crippen molar-refractivity contribution in [3.63, 3.8) is 0 Å². The molecular weight excluding hydrogens is 339 g/mol. The van der Waals surface area contributed by atoms with Gasteiger partial charge in [-0.1, -0.05) is 77.1 Å². The van der Waals surface area contributed by atoms with Gasteiger partial charge in [-0.15, -0.1) is 0 Å². The first kappa shape index (κ1) is 17.8. The molecule has 0 aliphatic carbocycles. The van der Waals surface area contributed by atoms with Gasteiger partial charge in [-0.25, -0.2) is 0 Å². The zero-order chi connectivity index (χ0) is 15.7. The van der Waals surface area contributed by atoms with Gasteiger partial charge in [-0.05, 0) is 25.7 Å². The van der Waals surface area contributed by atoms with E-state index in [1.807, 2.05) is 47.8 Å². The number of rotatable bonds is 5. The molecule has 1 aliphatic rings. The van der Waals surface area contributed by atoms with Crippen LogP contribution in [0.4, 0.5) is 0 Å². The van der Waals surface area contributed by atoms with E-state index in [2.05, 4.69) is 38.1 Å². The third kappa shape index (κ3) is 3.87. The average molecular weight is 363 g/mol. The molecule has 1 fully saturated rings. The van der Waals surface area contributed by atoms with Gasteiger partial charge in [0.1, 0.15) is 0 Å². The lowest BCUT2D eigenvalue weighted by Gasteiger charge is -2.33. The molecule has 0 aromatic heterocycles. The number of hydrogen-bond donors (Lipinski definition) is 0. The fourth-order valence-electron chi connectivity index (χ4n) is 2.23. The van der Waals surface area contributed by atoms with Crippen molar-refractivity contribution in [2.75, 3.05) is 6.26 Å². The van der Waals surface area contributed by atoms with Gasteiger partial charge in [0.15, 0.2) is 0 Å². The second-order valence-electron chi connectivity index (χ2n) is 5.96. The van der Waals surface area contributed by atoms with E-state index < -0.39 is 6.57 Å². The molecule has 0 radical (unpaired) electrons. The maximum atomic E-state index is 13.0. The Morgan fingerprint density at radius 3 is 2.43 bits per heavy atom. The quantitative estimate of drug-likeness (QED) is 0.455. The molecule has 1 heterocycles. The third-order valence-corrected chi connectivity index (χ3v) is 12.6. The standard InChI is InChI=1S/C15H23O2PS3/c1-11(2)18(16,19-5)17-14-13(20-21-15(14,3)4)12-9-7-6-8-10-12/h6-11,13-14H,1-5H3/t13-,14+,18?/m1/s1. The van der Waals surface area contributed by atoms with Crippen LogP contribution < -0.4 is 0 Å². The van der Waals surface area contributed by atoms with Crippen molar-refractivity contribution >= 4 is 39.5 Å². The fraction of sp³-hybridized carbons (Fsp3) is 0.600. The highest BCUT2D eigenvalue weighted by atomic mass is 33.1. The largest absolute Gasteiger partial charge is 0.315 e. The summed E-state index contributed by atoms with van der Waals surface area (Å²) in [5.74, 6) is 0. The highest BCUT2D eigenvalue weighted by Crippen LogP contribution is 2.69. The van der Waals surface area contributed by atoms with Crippen LogP contribution in [0.3, 0.4) is 0 Å². The van der Waals surface area contributed by atoms with E-state index in [0.29, 0.717) is 0 Å².